The number of unbranched alkanes of at least 4 members (excludes halogenated alkanes) is 12. The molecule has 3 heteroatoms. The van der Waals surface area contributed by atoms with Crippen LogP contribution in [-0.2, 0) is 0 Å². The van der Waals surface area contributed by atoms with E-state index in [1.54, 1.807) is 0 Å². The van der Waals surface area contributed by atoms with Gasteiger partial charge in [0, 0.05) is 5.33 Å². The lowest BCUT2D eigenvalue weighted by molar-refractivity contribution is 0.538. The maximum atomic E-state index is 3.53. The number of alkyl halides is 3. The first-order chi connectivity index (χ1) is 9.27. The van der Waals surface area contributed by atoms with E-state index in [1.807, 2.05) is 0 Å². The monoisotopic (exact) mass is 460 g/mol. The molecule has 0 bridgehead atoms. The lowest BCUT2D eigenvalue weighted by atomic mass is 10.0. The van der Waals surface area contributed by atoms with Crippen LogP contribution in [0.1, 0.15) is 89.9 Å². The van der Waals surface area contributed by atoms with Gasteiger partial charge in [-0.1, -0.05) is 125 Å². The molecule has 0 heterocycles. The maximum absolute atomic E-state index is 3.53. The summed E-state index contributed by atoms with van der Waals surface area (Å²) in [7, 11) is 0. The van der Waals surface area contributed by atoms with Crippen LogP contribution in [0.5, 0.6) is 0 Å². The van der Waals surface area contributed by atoms with Crippen LogP contribution in [0.2, 0.25) is 0 Å². The Hall–Kier alpha value is 1.44. The van der Waals surface area contributed by atoms with Gasteiger partial charge in [-0.15, -0.1) is 0 Å². The first kappa shape index (κ1) is 20.4. The predicted octanol–water partition coefficient (Wildman–Crippen LogP) is 7.96. The lowest BCUT2D eigenvalue weighted by Crippen LogP contribution is -1.86. The zero-order valence-corrected chi connectivity index (χ0v) is 17.1. The fourth-order valence-corrected chi connectivity index (χ4v) is 3.38. The maximum Gasteiger partial charge on any atom is 0.0697 e. The minimum absolute atomic E-state index is 0.523. The highest BCUT2D eigenvalue weighted by molar-refractivity contribution is 9.24. The third kappa shape index (κ3) is 19.4. The first-order valence-electron chi connectivity index (χ1n) is 8.11. The first-order valence-corrected chi connectivity index (χ1v) is 11.1. The number of hydrogen-bond acceptors (Lipinski definition) is 0. The summed E-state index contributed by atoms with van der Waals surface area (Å²) in [6, 6.07) is 0. The van der Waals surface area contributed by atoms with Gasteiger partial charge in [0.2, 0.25) is 0 Å². The summed E-state index contributed by atoms with van der Waals surface area (Å²) in [5, 5.41) is 1.18. The van der Waals surface area contributed by atoms with Gasteiger partial charge < -0.3 is 0 Å². The van der Waals surface area contributed by atoms with Crippen LogP contribution >= 0.6 is 47.8 Å². The van der Waals surface area contributed by atoms with Crippen molar-refractivity contribution in [2.24, 2.45) is 0 Å². The standard InChI is InChI=1S/C16H31Br3/c17-15-13-11-9-7-5-3-1-2-4-6-8-10-12-14-16(18)19/h16H,1-15H2. The van der Waals surface area contributed by atoms with Crippen molar-refractivity contribution in [2.45, 2.75) is 93.6 Å². The summed E-state index contributed by atoms with van der Waals surface area (Å²) < 4.78 is 0.523. The van der Waals surface area contributed by atoms with Crippen molar-refractivity contribution in [3.05, 3.63) is 0 Å². The Labute approximate surface area is 146 Å². The number of rotatable bonds is 15. The van der Waals surface area contributed by atoms with Crippen molar-refractivity contribution in [2.75, 3.05) is 5.33 Å². The second kappa shape index (κ2) is 17.5. The van der Waals surface area contributed by atoms with Crippen molar-refractivity contribution in [1.29, 1.82) is 0 Å². The van der Waals surface area contributed by atoms with Crippen LogP contribution in [0.25, 0.3) is 0 Å². The minimum atomic E-state index is 0.523. The van der Waals surface area contributed by atoms with E-state index in [1.165, 1.54) is 95.2 Å². The quantitative estimate of drug-likeness (QED) is 0.171. The molecular weight excluding hydrogens is 432 g/mol. The van der Waals surface area contributed by atoms with Crippen LogP contribution in [0.4, 0.5) is 0 Å². The van der Waals surface area contributed by atoms with Crippen molar-refractivity contribution < 1.29 is 0 Å². The SMILES string of the molecule is BrCCCCCCCCCCCCCCCC(Br)Br. The molecule has 0 saturated heterocycles. The van der Waals surface area contributed by atoms with E-state index in [-0.39, 0.29) is 0 Å². The molecule has 0 nitrogen and oxygen atoms in total. The summed E-state index contributed by atoms with van der Waals surface area (Å²) >= 11 is 10.5. The molecule has 0 N–H and O–H groups in total. The van der Waals surface area contributed by atoms with Crippen LogP contribution in [0, 0.1) is 0 Å². The summed E-state index contributed by atoms with van der Waals surface area (Å²) in [6.45, 7) is 0. The highest BCUT2D eigenvalue weighted by Crippen LogP contribution is 2.18. The average Bonchev–Trinajstić information content (AvgIpc) is 2.39. The zero-order valence-electron chi connectivity index (χ0n) is 12.3. The summed E-state index contributed by atoms with van der Waals surface area (Å²) in [5.74, 6) is 0. The Morgan fingerprint density at radius 2 is 0.789 bits per heavy atom. The van der Waals surface area contributed by atoms with E-state index in [2.05, 4.69) is 47.8 Å². The fourth-order valence-electron chi connectivity index (χ4n) is 2.34. The van der Waals surface area contributed by atoms with Gasteiger partial charge in [0.05, 0.1) is 3.74 Å². The molecule has 0 aromatic carbocycles. The molecule has 0 aliphatic carbocycles. The van der Waals surface area contributed by atoms with Crippen molar-refractivity contribution in [3.63, 3.8) is 0 Å². The smallest absolute Gasteiger partial charge is 0.0697 e. The summed E-state index contributed by atoms with van der Waals surface area (Å²) in [4.78, 5) is 0. The van der Waals surface area contributed by atoms with E-state index >= 15 is 0 Å². The lowest BCUT2D eigenvalue weighted by Gasteiger charge is -2.03. The fraction of sp³-hybridized carbons (Fsp3) is 1.00. The number of halogens is 3. The molecule has 0 radical (unpaired) electrons. The molecule has 19 heavy (non-hydrogen) atoms. The largest absolute Gasteiger partial charge is 0.0928 e. The topological polar surface area (TPSA) is 0 Å². The molecule has 0 spiro atoms. The van der Waals surface area contributed by atoms with Gasteiger partial charge in [-0.2, -0.15) is 0 Å². The molecule has 0 fully saturated rings. The van der Waals surface area contributed by atoms with Gasteiger partial charge in [-0.3, -0.25) is 0 Å². The predicted molar refractivity (Wildman–Crippen MR) is 100 cm³/mol. The Kier molecular flexibility index (Phi) is 18.8. The van der Waals surface area contributed by atoms with E-state index < -0.39 is 0 Å². The second-order valence-electron chi connectivity index (χ2n) is 5.46. The zero-order chi connectivity index (χ0) is 14.2. The Balaban J connectivity index is 2.91. The molecule has 0 aliphatic rings. The highest BCUT2D eigenvalue weighted by Gasteiger charge is 1.97. The molecule has 0 aliphatic heterocycles. The van der Waals surface area contributed by atoms with E-state index in [9.17, 15) is 0 Å². The molecule has 116 valence electrons. The van der Waals surface area contributed by atoms with Crippen molar-refractivity contribution >= 4 is 47.8 Å². The summed E-state index contributed by atoms with van der Waals surface area (Å²) in [5.41, 5.74) is 0. The van der Waals surface area contributed by atoms with Crippen LogP contribution in [-0.4, -0.2) is 9.07 Å². The van der Waals surface area contributed by atoms with Crippen LogP contribution < -0.4 is 0 Å². The van der Waals surface area contributed by atoms with Gasteiger partial charge in [0.25, 0.3) is 0 Å². The van der Waals surface area contributed by atoms with Crippen LogP contribution in [0.3, 0.4) is 0 Å². The Morgan fingerprint density at radius 3 is 1.11 bits per heavy atom. The molecule has 0 saturated carbocycles. The Morgan fingerprint density at radius 1 is 0.474 bits per heavy atom. The average molecular weight is 463 g/mol. The molecule has 0 rings (SSSR count). The van der Waals surface area contributed by atoms with Gasteiger partial charge >= 0.3 is 0 Å². The van der Waals surface area contributed by atoms with E-state index in [0.717, 1.165) is 0 Å². The van der Waals surface area contributed by atoms with Crippen LogP contribution in [0.15, 0.2) is 0 Å². The van der Waals surface area contributed by atoms with Gasteiger partial charge in [0.15, 0.2) is 0 Å². The van der Waals surface area contributed by atoms with Gasteiger partial charge in [-0.25, -0.2) is 0 Å². The normalized spacial score (nSPS) is 11.4. The molecule has 0 atom stereocenters. The summed E-state index contributed by atoms with van der Waals surface area (Å²) in [6.07, 6.45) is 19.8. The molecule has 0 amide bonds. The van der Waals surface area contributed by atoms with Crippen molar-refractivity contribution in [3.8, 4) is 0 Å². The molecular formula is C16H31Br3. The van der Waals surface area contributed by atoms with Gasteiger partial charge in [0.1, 0.15) is 0 Å². The molecule has 0 unspecified atom stereocenters. The molecule has 0 aromatic rings. The third-order valence-corrected chi connectivity index (χ3v) is 5.03. The van der Waals surface area contributed by atoms with Gasteiger partial charge in [-0.05, 0) is 12.8 Å². The Bertz CT molecular complexity index is 160. The van der Waals surface area contributed by atoms with E-state index in [4.69, 9.17) is 0 Å². The second-order valence-corrected chi connectivity index (χ2v) is 9.70. The number of hydrogen-bond donors (Lipinski definition) is 0. The third-order valence-electron chi connectivity index (χ3n) is 3.56. The van der Waals surface area contributed by atoms with E-state index in [0.29, 0.717) is 3.74 Å². The highest BCUT2D eigenvalue weighted by atomic mass is 79.9. The molecule has 0 aromatic heterocycles. The minimum Gasteiger partial charge on any atom is -0.0928 e. The van der Waals surface area contributed by atoms with Crippen molar-refractivity contribution in [1.82, 2.24) is 0 Å².